The van der Waals surface area contributed by atoms with Crippen molar-refractivity contribution in [2.45, 2.75) is 6.42 Å². The second-order valence-electron chi connectivity index (χ2n) is 5.41. The maximum absolute atomic E-state index is 11.7. The highest BCUT2D eigenvalue weighted by molar-refractivity contribution is 5.86. The number of likely N-dealkylation sites (tertiary alicyclic amines) is 1. The van der Waals surface area contributed by atoms with Crippen molar-refractivity contribution in [3.05, 3.63) is 0 Å². The first-order chi connectivity index (χ1) is 11.2. The monoisotopic (exact) mass is 330 g/mol. The van der Waals surface area contributed by atoms with Crippen LogP contribution < -0.4 is 10.6 Å². The van der Waals surface area contributed by atoms with Crippen LogP contribution in [0.2, 0.25) is 0 Å². The van der Waals surface area contributed by atoms with Crippen LogP contribution in [-0.2, 0) is 19.0 Å². The molecule has 1 aliphatic heterocycles. The highest BCUT2D eigenvalue weighted by atomic mass is 16.5. The quantitative estimate of drug-likeness (QED) is 0.313. The molecule has 0 aromatic heterocycles. The Bertz CT molecular complexity index is 365. The molecule has 23 heavy (non-hydrogen) atoms. The van der Waals surface area contributed by atoms with Gasteiger partial charge in [0, 0.05) is 46.8 Å². The minimum atomic E-state index is -0.0677. The molecule has 0 aliphatic carbocycles. The van der Waals surface area contributed by atoms with Gasteiger partial charge in [-0.1, -0.05) is 0 Å². The Morgan fingerprint density at radius 2 is 2.00 bits per heavy atom. The van der Waals surface area contributed by atoms with Gasteiger partial charge in [-0.25, -0.2) is 0 Å². The Kier molecular flexibility index (Phi) is 10.3. The van der Waals surface area contributed by atoms with Crippen LogP contribution in [0.5, 0.6) is 0 Å². The van der Waals surface area contributed by atoms with Gasteiger partial charge in [-0.15, -0.1) is 0 Å². The fourth-order valence-electron chi connectivity index (χ4n) is 2.40. The summed E-state index contributed by atoms with van der Waals surface area (Å²) in [6, 6.07) is 0. The van der Waals surface area contributed by atoms with Gasteiger partial charge in [-0.05, 0) is 6.42 Å². The molecule has 1 saturated heterocycles. The van der Waals surface area contributed by atoms with Crippen molar-refractivity contribution in [3.63, 3.8) is 0 Å². The van der Waals surface area contributed by atoms with E-state index in [1.165, 1.54) is 0 Å². The first-order valence-corrected chi connectivity index (χ1v) is 7.99. The van der Waals surface area contributed by atoms with Gasteiger partial charge < -0.3 is 29.7 Å². The second kappa shape index (κ2) is 12.1. The number of guanidine groups is 1. The smallest absolute Gasteiger partial charge is 0.239 e. The average molecular weight is 330 g/mol. The number of amides is 1. The Hall–Kier alpha value is -1.38. The van der Waals surface area contributed by atoms with E-state index in [0.29, 0.717) is 32.3 Å². The third-order valence-corrected chi connectivity index (χ3v) is 3.62. The van der Waals surface area contributed by atoms with Crippen molar-refractivity contribution in [3.8, 4) is 0 Å². The standard InChI is InChI=1S/C15H30N4O4/c1-16-15(18-10-14(20)17-5-7-21-2)19-6-4-13(11-19)12-23-9-8-22-3/h13H,4-12H2,1-3H3,(H,16,18)(H,17,20). The number of ether oxygens (including phenoxy) is 3. The maximum atomic E-state index is 11.7. The van der Waals surface area contributed by atoms with Gasteiger partial charge >= 0.3 is 0 Å². The SMILES string of the molecule is CN=C(NCC(=O)NCCOC)N1CCC(COCCOC)C1. The molecule has 8 nitrogen and oxygen atoms in total. The summed E-state index contributed by atoms with van der Waals surface area (Å²) < 4.78 is 15.4. The molecule has 2 N–H and O–H groups in total. The number of hydrogen-bond donors (Lipinski definition) is 2. The van der Waals surface area contributed by atoms with Gasteiger partial charge in [0.25, 0.3) is 0 Å². The zero-order valence-corrected chi connectivity index (χ0v) is 14.5. The Morgan fingerprint density at radius 1 is 1.22 bits per heavy atom. The van der Waals surface area contributed by atoms with Crippen molar-refractivity contribution in [1.82, 2.24) is 15.5 Å². The zero-order chi connectivity index (χ0) is 16.9. The van der Waals surface area contributed by atoms with Crippen LogP contribution in [0, 0.1) is 5.92 Å². The van der Waals surface area contributed by atoms with Crippen molar-refractivity contribution < 1.29 is 19.0 Å². The lowest BCUT2D eigenvalue weighted by Gasteiger charge is -2.21. The summed E-state index contributed by atoms with van der Waals surface area (Å²) in [6.45, 7) is 5.02. The molecule has 8 heteroatoms. The van der Waals surface area contributed by atoms with E-state index in [-0.39, 0.29) is 12.5 Å². The average Bonchev–Trinajstić information content (AvgIpc) is 3.01. The molecular formula is C15H30N4O4. The zero-order valence-electron chi connectivity index (χ0n) is 14.5. The number of nitrogens with one attached hydrogen (secondary N) is 2. The molecule has 1 aliphatic rings. The fourth-order valence-corrected chi connectivity index (χ4v) is 2.40. The van der Waals surface area contributed by atoms with E-state index in [2.05, 4.69) is 20.5 Å². The van der Waals surface area contributed by atoms with Crippen LogP contribution in [0.25, 0.3) is 0 Å². The predicted molar refractivity (Wildman–Crippen MR) is 88.6 cm³/mol. The minimum Gasteiger partial charge on any atom is -0.383 e. The van der Waals surface area contributed by atoms with E-state index in [1.807, 2.05) is 0 Å². The van der Waals surface area contributed by atoms with Crippen molar-refractivity contribution in [1.29, 1.82) is 0 Å². The topological polar surface area (TPSA) is 84.4 Å². The van der Waals surface area contributed by atoms with E-state index >= 15 is 0 Å². The number of carbonyl (C=O) groups is 1. The molecule has 0 bridgehead atoms. The third-order valence-electron chi connectivity index (χ3n) is 3.62. The summed E-state index contributed by atoms with van der Waals surface area (Å²) in [5.41, 5.74) is 0. The lowest BCUT2D eigenvalue weighted by molar-refractivity contribution is -0.120. The first-order valence-electron chi connectivity index (χ1n) is 7.99. The number of carbonyl (C=O) groups excluding carboxylic acids is 1. The van der Waals surface area contributed by atoms with Gasteiger partial charge in [-0.2, -0.15) is 0 Å². The molecule has 1 atom stereocenters. The fraction of sp³-hybridized carbons (Fsp3) is 0.867. The molecule has 1 heterocycles. The molecule has 1 unspecified atom stereocenters. The highest BCUT2D eigenvalue weighted by Gasteiger charge is 2.25. The Morgan fingerprint density at radius 3 is 2.70 bits per heavy atom. The van der Waals surface area contributed by atoms with E-state index in [0.717, 1.165) is 32.1 Å². The molecule has 1 fully saturated rings. The van der Waals surface area contributed by atoms with Crippen LogP contribution in [0.4, 0.5) is 0 Å². The summed E-state index contributed by atoms with van der Waals surface area (Å²) in [6.07, 6.45) is 1.06. The van der Waals surface area contributed by atoms with Gasteiger partial charge in [0.2, 0.25) is 5.91 Å². The van der Waals surface area contributed by atoms with Crippen molar-refractivity contribution in [2.75, 3.05) is 73.9 Å². The maximum Gasteiger partial charge on any atom is 0.239 e. The van der Waals surface area contributed by atoms with E-state index in [4.69, 9.17) is 14.2 Å². The summed E-state index contributed by atoms with van der Waals surface area (Å²) in [5, 5.41) is 5.87. The molecule has 0 radical (unpaired) electrons. The summed E-state index contributed by atoms with van der Waals surface area (Å²) >= 11 is 0. The molecule has 0 spiro atoms. The van der Waals surface area contributed by atoms with Gasteiger partial charge in [0.15, 0.2) is 5.96 Å². The number of methoxy groups -OCH3 is 2. The van der Waals surface area contributed by atoms with Crippen LogP contribution >= 0.6 is 0 Å². The Balaban J connectivity index is 2.23. The summed E-state index contributed by atoms with van der Waals surface area (Å²) in [5.74, 6) is 1.18. The van der Waals surface area contributed by atoms with E-state index < -0.39 is 0 Å². The van der Waals surface area contributed by atoms with E-state index in [1.54, 1.807) is 21.3 Å². The van der Waals surface area contributed by atoms with Crippen LogP contribution in [0.15, 0.2) is 4.99 Å². The first kappa shape index (κ1) is 19.7. The van der Waals surface area contributed by atoms with Gasteiger partial charge in [0.1, 0.15) is 0 Å². The molecule has 1 rings (SSSR count). The van der Waals surface area contributed by atoms with Crippen molar-refractivity contribution >= 4 is 11.9 Å². The number of aliphatic imine (C=N–C) groups is 1. The van der Waals surface area contributed by atoms with E-state index in [9.17, 15) is 4.79 Å². The largest absolute Gasteiger partial charge is 0.383 e. The van der Waals surface area contributed by atoms with Crippen LogP contribution in [-0.4, -0.2) is 90.6 Å². The minimum absolute atomic E-state index is 0.0677. The molecule has 134 valence electrons. The van der Waals surface area contributed by atoms with Crippen LogP contribution in [0.1, 0.15) is 6.42 Å². The number of nitrogens with zero attached hydrogens (tertiary/aromatic N) is 2. The predicted octanol–water partition coefficient (Wildman–Crippen LogP) is -0.691. The second-order valence-corrected chi connectivity index (χ2v) is 5.41. The molecule has 0 saturated carbocycles. The highest BCUT2D eigenvalue weighted by Crippen LogP contribution is 2.16. The summed E-state index contributed by atoms with van der Waals surface area (Å²) in [4.78, 5) is 18.1. The molecule has 1 amide bonds. The lowest BCUT2D eigenvalue weighted by Crippen LogP contribution is -2.45. The summed E-state index contributed by atoms with van der Waals surface area (Å²) in [7, 11) is 5.00. The molecule has 0 aromatic carbocycles. The van der Waals surface area contributed by atoms with Crippen LogP contribution in [0.3, 0.4) is 0 Å². The lowest BCUT2D eigenvalue weighted by atomic mass is 10.1. The van der Waals surface area contributed by atoms with Crippen molar-refractivity contribution in [2.24, 2.45) is 10.9 Å². The third kappa shape index (κ3) is 8.15. The number of hydrogen-bond acceptors (Lipinski definition) is 5. The normalized spacial score (nSPS) is 18.3. The molecular weight excluding hydrogens is 300 g/mol. The Labute approximate surface area is 138 Å². The molecule has 0 aromatic rings. The van der Waals surface area contributed by atoms with Gasteiger partial charge in [0.05, 0.1) is 33.0 Å². The number of rotatable bonds is 10. The van der Waals surface area contributed by atoms with Gasteiger partial charge in [-0.3, -0.25) is 9.79 Å².